The van der Waals surface area contributed by atoms with Crippen molar-refractivity contribution in [3.8, 4) is 16.9 Å². The van der Waals surface area contributed by atoms with Gasteiger partial charge in [0.1, 0.15) is 5.75 Å². The summed E-state index contributed by atoms with van der Waals surface area (Å²) in [4.78, 5) is 0. The molecule has 0 spiro atoms. The molecule has 0 aromatic heterocycles. The molecule has 0 fully saturated rings. The zero-order chi connectivity index (χ0) is 17.3. The molecule has 24 heavy (non-hydrogen) atoms. The molecule has 0 saturated heterocycles. The lowest BCUT2D eigenvalue weighted by Gasteiger charge is -2.16. The first kappa shape index (κ1) is 20.1. The van der Waals surface area contributed by atoms with Crippen molar-refractivity contribution in [2.24, 2.45) is 5.73 Å². The molecule has 0 aliphatic heterocycles. The standard InChI is InChI=1S/C15H11F6NO.ClH/c16-14(17,18)12-7-9(5-6-10(12)8-22)11-3-1-2-4-13(11)23-15(19,20)21;/h1-7H,8,22H2;1H. The summed E-state index contributed by atoms with van der Waals surface area (Å²) in [5, 5.41) is 0. The predicted molar refractivity (Wildman–Crippen MR) is 78.7 cm³/mol. The molecule has 0 heterocycles. The number of rotatable bonds is 3. The summed E-state index contributed by atoms with van der Waals surface area (Å²) in [6, 6.07) is 8.16. The molecule has 132 valence electrons. The van der Waals surface area contributed by atoms with Crippen LogP contribution >= 0.6 is 12.4 Å². The molecule has 2 N–H and O–H groups in total. The zero-order valence-corrected chi connectivity index (χ0v) is 12.7. The largest absolute Gasteiger partial charge is 0.573 e. The second-order valence-corrected chi connectivity index (χ2v) is 4.62. The summed E-state index contributed by atoms with van der Waals surface area (Å²) in [5.74, 6) is -0.575. The lowest BCUT2D eigenvalue weighted by atomic mass is 9.98. The first-order valence-electron chi connectivity index (χ1n) is 6.37. The predicted octanol–water partition coefficient (Wildman–Crippen LogP) is 5.15. The van der Waals surface area contributed by atoms with E-state index in [9.17, 15) is 26.3 Å². The minimum absolute atomic E-state index is 0. The second kappa shape index (κ2) is 7.31. The first-order chi connectivity index (χ1) is 10.6. The zero-order valence-electron chi connectivity index (χ0n) is 11.9. The molecule has 0 radical (unpaired) electrons. The summed E-state index contributed by atoms with van der Waals surface area (Å²) in [5.41, 5.74) is 4.00. The Kier molecular flexibility index (Phi) is 6.13. The number of hydrogen-bond acceptors (Lipinski definition) is 2. The van der Waals surface area contributed by atoms with Crippen LogP contribution < -0.4 is 10.5 Å². The van der Waals surface area contributed by atoms with Gasteiger partial charge in [-0.1, -0.05) is 30.3 Å². The fourth-order valence-electron chi connectivity index (χ4n) is 2.10. The van der Waals surface area contributed by atoms with Gasteiger partial charge in [0, 0.05) is 12.1 Å². The topological polar surface area (TPSA) is 35.2 Å². The average molecular weight is 372 g/mol. The minimum Gasteiger partial charge on any atom is -0.405 e. The van der Waals surface area contributed by atoms with Gasteiger partial charge in [0.15, 0.2) is 0 Å². The van der Waals surface area contributed by atoms with Gasteiger partial charge in [-0.3, -0.25) is 0 Å². The van der Waals surface area contributed by atoms with Crippen molar-refractivity contribution >= 4 is 12.4 Å². The van der Waals surface area contributed by atoms with Crippen LogP contribution in [-0.2, 0) is 12.7 Å². The maximum absolute atomic E-state index is 13.0. The second-order valence-electron chi connectivity index (χ2n) is 4.62. The molecule has 0 aliphatic carbocycles. The highest BCUT2D eigenvalue weighted by atomic mass is 35.5. The fourth-order valence-corrected chi connectivity index (χ4v) is 2.10. The third-order valence-corrected chi connectivity index (χ3v) is 3.06. The number of hydrogen-bond donors (Lipinski definition) is 1. The Labute approximate surface area is 139 Å². The number of benzene rings is 2. The van der Waals surface area contributed by atoms with Gasteiger partial charge in [-0.15, -0.1) is 25.6 Å². The lowest BCUT2D eigenvalue weighted by Crippen LogP contribution is -2.17. The molecule has 0 saturated carbocycles. The van der Waals surface area contributed by atoms with Gasteiger partial charge < -0.3 is 10.5 Å². The van der Waals surface area contributed by atoms with E-state index in [1.165, 1.54) is 24.3 Å². The van der Waals surface area contributed by atoms with Crippen LogP contribution in [0.4, 0.5) is 26.3 Å². The normalized spacial score (nSPS) is 11.8. The Morgan fingerprint density at radius 1 is 0.917 bits per heavy atom. The SMILES string of the molecule is Cl.NCc1ccc(-c2ccccc2OC(F)(F)F)cc1C(F)(F)F. The highest BCUT2D eigenvalue weighted by Gasteiger charge is 2.34. The maximum atomic E-state index is 13.0. The van der Waals surface area contributed by atoms with Crippen LogP contribution in [-0.4, -0.2) is 6.36 Å². The Morgan fingerprint density at radius 3 is 2.08 bits per heavy atom. The van der Waals surface area contributed by atoms with Crippen molar-refractivity contribution in [2.45, 2.75) is 19.1 Å². The summed E-state index contributed by atoms with van der Waals surface area (Å²) in [6.45, 7) is -0.337. The number of halogens is 7. The lowest BCUT2D eigenvalue weighted by molar-refractivity contribution is -0.274. The highest BCUT2D eigenvalue weighted by Crippen LogP contribution is 2.38. The first-order valence-corrected chi connectivity index (χ1v) is 6.37. The Bertz CT molecular complexity index is 699. The molecule has 0 aliphatic rings. The minimum atomic E-state index is -4.94. The molecular formula is C15H12ClF6NO. The Morgan fingerprint density at radius 2 is 1.54 bits per heavy atom. The van der Waals surface area contributed by atoms with Crippen molar-refractivity contribution in [3.05, 3.63) is 53.6 Å². The molecule has 0 atom stereocenters. The third kappa shape index (κ3) is 4.78. The van der Waals surface area contributed by atoms with Gasteiger partial charge >= 0.3 is 12.5 Å². The van der Waals surface area contributed by atoms with Crippen LogP contribution in [0, 0.1) is 0 Å². The van der Waals surface area contributed by atoms with Gasteiger partial charge in [-0.25, -0.2) is 0 Å². The molecule has 2 nitrogen and oxygen atoms in total. The monoisotopic (exact) mass is 371 g/mol. The summed E-state index contributed by atoms with van der Waals surface area (Å²) in [6.07, 6.45) is -9.61. The van der Waals surface area contributed by atoms with E-state index in [0.29, 0.717) is 0 Å². The molecule has 0 bridgehead atoms. The average Bonchev–Trinajstić information content (AvgIpc) is 2.44. The number of ether oxygens (including phenoxy) is 1. The fraction of sp³-hybridized carbons (Fsp3) is 0.200. The van der Waals surface area contributed by atoms with Gasteiger partial charge in [0.25, 0.3) is 0 Å². The van der Waals surface area contributed by atoms with Gasteiger partial charge in [-0.05, 0) is 23.3 Å². The van der Waals surface area contributed by atoms with E-state index in [1.807, 2.05) is 0 Å². The highest BCUT2D eigenvalue weighted by molar-refractivity contribution is 5.85. The summed E-state index contributed by atoms with van der Waals surface area (Å²) in [7, 11) is 0. The number of nitrogens with two attached hydrogens (primary N) is 1. The van der Waals surface area contributed by atoms with Crippen molar-refractivity contribution in [1.29, 1.82) is 0 Å². The van der Waals surface area contributed by atoms with Crippen LogP contribution in [0.25, 0.3) is 11.1 Å². The molecule has 2 rings (SSSR count). The molecule has 0 amide bonds. The quantitative estimate of drug-likeness (QED) is 0.757. The molecular weight excluding hydrogens is 360 g/mol. The summed E-state index contributed by atoms with van der Waals surface area (Å²) >= 11 is 0. The summed E-state index contributed by atoms with van der Waals surface area (Å²) < 4.78 is 80.2. The van der Waals surface area contributed by atoms with Crippen LogP contribution in [0.3, 0.4) is 0 Å². The smallest absolute Gasteiger partial charge is 0.405 e. The molecule has 2 aromatic carbocycles. The Balaban J connectivity index is 0.00000288. The van der Waals surface area contributed by atoms with Gasteiger partial charge in [0.05, 0.1) is 5.56 Å². The van der Waals surface area contributed by atoms with Crippen molar-refractivity contribution in [3.63, 3.8) is 0 Å². The van der Waals surface area contributed by atoms with Gasteiger partial charge in [0.2, 0.25) is 0 Å². The van der Waals surface area contributed by atoms with E-state index in [-0.39, 0.29) is 35.6 Å². The van der Waals surface area contributed by atoms with Crippen molar-refractivity contribution in [1.82, 2.24) is 0 Å². The Hall–Kier alpha value is -1.93. The molecule has 9 heteroatoms. The van der Waals surface area contributed by atoms with Gasteiger partial charge in [-0.2, -0.15) is 13.2 Å². The van der Waals surface area contributed by atoms with E-state index in [0.717, 1.165) is 18.2 Å². The molecule has 2 aromatic rings. The number of alkyl halides is 6. The van der Waals surface area contributed by atoms with E-state index >= 15 is 0 Å². The van der Waals surface area contributed by atoms with Crippen LogP contribution in [0.1, 0.15) is 11.1 Å². The van der Waals surface area contributed by atoms with E-state index < -0.39 is 23.9 Å². The van der Waals surface area contributed by atoms with Crippen LogP contribution in [0.5, 0.6) is 5.75 Å². The van der Waals surface area contributed by atoms with Crippen LogP contribution in [0.15, 0.2) is 42.5 Å². The maximum Gasteiger partial charge on any atom is 0.573 e. The van der Waals surface area contributed by atoms with Crippen LogP contribution in [0.2, 0.25) is 0 Å². The van der Waals surface area contributed by atoms with Crippen molar-refractivity contribution in [2.75, 3.05) is 0 Å². The van der Waals surface area contributed by atoms with E-state index in [2.05, 4.69) is 4.74 Å². The third-order valence-electron chi connectivity index (χ3n) is 3.06. The van der Waals surface area contributed by atoms with Crippen molar-refractivity contribution < 1.29 is 31.1 Å². The van der Waals surface area contributed by atoms with E-state index in [4.69, 9.17) is 5.73 Å². The van der Waals surface area contributed by atoms with E-state index in [1.54, 1.807) is 0 Å². The number of para-hydroxylation sites is 1. The molecule has 0 unspecified atom stereocenters.